The van der Waals surface area contributed by atoms with Gasteiger partial charge in [-0.2, -0.15) is 0 Å². The molecular formula is C15H18FN3O. The molecule has 1 aromatic heterocycles. The fourth-order valence-electron chi connectivity index (χ4n) is 2.69. The Morgan fingerprint density at radius 1 is 1.55 bits per heavy atom. The zero-order chi connectivity index (χ0) is 14.1. The minimum atomic E-state index is -0.376. The van der Waals surface area contributed by atoms with Gasteiger partial charge in [0, 0.05) is 29.9 Å². The molecule has 2 atom stereocenters. The maximum Gasteiger partial charge on any atom is 0.150 e. The molecule has 0 spiro atoms. The molecule has 1 aromatic carbocycles. The van der Waals surface area contributed by atoms with E-state index < -0.39 is 0 Å². The Hall–Kier alpha value is -1.88. The van der Waals surface area contributed by atoms with Gasteiger partial charge in [-0.25, -0.2) is 4.39 Å². The van der Waals surface area contributed by atoms with Gasteiger partial charge in [-0.3, -0.25) is 4.98 Å². The first-order valence-corrected chi connectivity index (χ1v) is 6.87. The van der Waals surface area contributed by atoms with Crippen molar-refractivity contribution in [3.8, 4) is 0 Å². The van der Waals surface area contributed by atoms with Gasteiger partial charge in [-0.1, -0.05) is 0 Å². The first-order valence-electron chi connectivity index (χ1n) is 6.87. The van der Waals surface area contributed by atoms with Crippen LogP contribution >= 0.6 is 0 Å². The minimum Gasteiger partial charge on any atom is -0.398 e. The second-order valence-corrected chi connectivity index (χ2v) is 5.21. The van der Waals surface area contributed by atoms with E-state index in [9.17, 15) is 4.39 Å². The summed E-state index contributed by atoms with van der Waals surface area (Å²) < 4.78 is 19.8. The van der Waals surface area contributed by atoms with Crippen LogP contribution < -0.4 is 11.1 Å². The summed E-state index contributed by atoms with van der Waals surface area (Å²) in [5.41, 5.74) is 7.22. The van der Waals surface area contributed by atoms with Crippen molar-refractivity contribution in [3.63, 3.8) is 0 Å². The van der Waals surface area contributed by atoms with Gasteiger partial charge >= 0.3 is 0 Å². The molecule has 1 aliphatic rings. The number of hydrogen-bond acceptors (Lipinski definition) is 4. The topological polar surface area (TPSA) is 60.2 Å². The van der Waals surface area contributed by atoms with Gasteiger partial charge < -0.3 is 15.8 Å². The molecule has 1 fully saturated rings. The van der Waals surface area contributed by atoms with Gasteiger partial charge in [0.15, 0.2) is 5.82 Å². The van der Waals surface area contributed by atoms with Crippen molar-refractivity contribution in [3.05, 3.63) is 30.2 Å². The summed E-state index contributed by atoms with van der Waals surface area (Å²) in [7, 11) is 0. The number of pyridine rings is 1. The number of nitrogens with zero attached hydrogens (tertiary/aromatic N) is 1. The first kappa shape index (κ1) is 13.1. The maximum absolute atomic E-state index is 14.2. The molecule has 3 rings (SSSR count). The average molecular weight is 275 g/mol. The van der Waals surface area contributed by atoms with Gasteiger partial charge in [0.25, 0.3) is 0 Å². The van der Waals surface area contributed by atoms with Gasteiger partial charge in [-0.05, 0) is 38.0 Å². The van der Waals surface area contributed by atoms with E-state index >= 15 is 0 Å². The third-order valence-electron chi connectivity index (χ3n) is 3.77. The van der Waals surface area contributed by atoms with Crippen LogP contribution in [0.25, 0.3) is 10.9 Å². The van der Waals surface area contributed by atoms with Crippen LogP contribution in [-0.4, -0.2) is 23.7 Å². The Bertz CT molecular complexity index is 626. The van der Waals surface area contributed by atoms with E-state index in [0.29, 0.717) is 16.9 Å². The molecule has 0 aliphatic carbocycles. The van der Waals surface area contributed by atoms with Crippen molar-refractivity contribution in [2.45, 2.75) is 31.9 Å². The van der Waals surface area contributed by atoms with E-state index in [0.717, 1.165) is 24.8 Å². The molecule has 4 nitrogen and oxygen atoms in total. The number of hydrogen-bond donors (Lipinski definition) is 2. The smallest absolute Gasteiger partial charge is 0.150 e. The molecule has 3 N–H and O–H groups in total. The minimum absolute atomic E-state index is 0.0285. The van der Waals surface area contributed by atoms with Crippen LogP contribution in [0.1, 0.15) is 19.8 Å². The van der Waals surface area contributed by atoms with Gasteiger partial charge in [0.1, 0.15) is 0 Å². The monoisotopic (exact) mass is 275 g/mol. The van der Waals surface area contributed by atoms with Crippen LogP contribution in [0.2, 0.25) is 0 Å². The highest BCUT2D eigenvalue weighted by Gasteiger charge is 2.24. The summed E-state index contributed by atoms with van der Waals surface area (Å²) in [6, 6.07) is 5.01. The van der Waals surface area contributed by atoms with Gasteiger partial charge in [-0.15, -0.1) is 0 Å². The van der Waals surface area contributed by atoms with E-state index in [4.69, 9.17) is 10.5 Å². The van der Waals surface area contributed by atoms with Crippen LogP contribution in [0.15, 0.2) is 24.4 Å². The highest BCUT2D eigenvalue weighted by molar-refractivity contribution is 5.98. The summed E-state index contributed by atoms with van der Waals surface area (Å²) in [5.74, 6) is -0.376. The Morgan fingerprint density at radius 3 is 3.15 bits per heavy atom. The Morgan fingerprint density at radius 2 is 2.40 bits per heavy atom. The fraction of sp³-hybridized carbons (Fsp3) is 0.400. The molecule has 106 valence electrons. The number of fused-ring (bicyclic) bond motifs is 1. The van der Waals surface area contributed by atoms with Crippen LogP contribution in [0.4, 0.5) is 15.8 Å². The summed E-state index contributed by atoms with van der Waals surface area (Å²) >= 11 is 0. The molecule has 2 unspecified atom stereocenters. The largest absolute Gasteiger partial charge is 0.398 e. The number of nitrogens with one attached hydrogen (secondary N) is 1. The summed E-state index contributed by atoms with van der Waals surface area (Å²) in [6.07, 6.45) is 3.81. The maximum atomic E-state index is 14.2. The number of nitrogen functional groups attached to an aromatic ring is 1. The van der Waals surface area contributed by atoms with Crippen molar-refractivity contribution in [2.24, 2.45) is 0 Å². The SMILES string of the molecule is CC(Nc1c(F)cc(N)c2cccnc12)C1CCCO1. The number of anilines is 2. The molecule has 0 bridgehead atoms. The highest BCUT2D eigenvalue weighted by Crippen LogP contribution is 2.31. The van der Waals surface area contributed by atoms with E-state index in [2.05, 4.69) is 10.3 Å². The molecule has 0 amide bonds. The second kappa shape index (κ2) is 5.25. The molecular weight excluding hydrogens is 257 g/mol. The highest BCUT2D eigenvalue weighted by atomic mass is 19.1. The molecule has 5 heteroatoms. The molecule has 0 radical (unpaired) electrons. The normalized spacial score (nSPS) is 20.2. The van der Waals surface area contributed by atoms with E-state index in [1.54, 1.807) is 12.3 Å². The number of aromatic nitrogens is 1. The molecule has 1 aliphatic heterocycles. The third kappa shape index (κ3) is 2.29. The van der Waals surface area contributed by atoms with Crippen LogP contribution in [0.5, 0.6) is 0 Å². The number of nitrogens with two attached hydrogens (primary N) is 1. The van der Waals surface area contributed by atoms with E-state index in [-0.39, 0.29) is 18.0 Å². The van der Waals surface area contributed by atoms with Crippen molar-refractivity contribution < 1.29 is 9.13 Å². The van der Waals surface area contributed by atoms with E-state index in [1.807, 2.05) is 13.0 Å². The first-order chi connectivity index (χ1) is 9.66. The number of halogens is 1. The second-order valence-electron chi connectivity index (χ2n) is 5.21. The van der Waals surface area contributed by atoms with E-state index in [1.165, 1.54) is 6.07 Å². The lowest BCUT2D eigenvalue weighted by Gasteiger charge is -2.22. The van der Waals surface area contributed by atoms with Crippen molar-refractivity contribution in [2.75, 3.05) is 17.7 Å². The summed E-state index contributed by atoms with van der Waals surface area (Å²) in [5, 5.41) is 3.96. The Balaban J connectivity index is 1.98. The lowest BCUT2D eigenvalue weighted by Crippen LogP contribution is -2.30. The molecule has 1 saturated heterocycles. The predicted molar refractivity (Wildman–Crippen MR) is 78.2 cm³/mol. The molecule has 2 aromatic rings. The number of benzene rings is 1. The summed E-state index contributed by atoms with van der Waals surface area (Å²) in [6.45, 7) is 2.78. The molecule has 0 saturated carbocycles. The standard InChI is InChI=1S/C15H18FN3O/c1-9(13-5-3-7-20-13)19-15-11(16)8-12(17)10-4-2-6-18-14(10)15/h2,4,6,8-9,13,19H,3,5,7,17H2,1H3. The van der Waals surface area contributed by atoms with Crippen molar-refractivity contribution >= 4 is 22.3 Å². The van der Waals surface area contributed by atoms with Crippen molar-refractivity contribution in [1.82, 2.24) is 4.98 Å². The Kier molecular flexibility index (Phi) is 3.44. The van der Waals surface area contributed by atoms with Crippen LogP contribution in [0, 0.1) is 5.82 Å². The quantitative estimate of drug-likeness (QED) is 0.845. The van der Waals surface area contributed by atoms with Gasteiger partial charge in [0.05, 0.1) is 17.3 Å². The molecule has 2 heterocycles. The third-order valence-corrected chi connectivity index (χ3v) is 3.77. The zero-order valence-corrected chi connectivity index (χ0v) is 11.4. The van der Waals surface area contributed by atoms with Crippen LogP contribution in [0.3, 0.4) is 0 Å². The average Bonchev–Trinajstić information content (AvgIpc) is 2.97. The van der Waals surface area contributed by atoms with Crippen molar-refractivity contribution in [1.29, 1.82) is 0 Å². The predicted octanol–water partition coefficient (Wildman–Crippen LogP) is 2.94. The summed E-state index contributed by atoms with van der Waals surface area (Å²) in [4.78, 5) is 4.26. The van der Waals surface area contributed by atoms with Crippen LogP contribution in [-0.2, 0) is 4.74 Å². The zero-order valence-electron chi connectivity index (χ0n) is 11.4. The molecule has 20 heavy (non-hydrogen) atoms. The Labute approximate surface area is 117 Å². The number of rotatable bonds is 3. The van der Waals surface area contributed by atoms with Gasteiger partial charge in [0.2, 0.25) is 0 Å². The lowest BCUT2D eigenvalue weighted by atomic mass is 10.1. The lowest BCUT2D eigenvalue weighted by molar-refractivity contribution is 0.0996. The fourth-order valence-corrected chi connectivity index (χ4v) is 2.69. The number of ether oxygens (including phenoxy) is 1.